The largest absolute Gasteiger partial charge is 0.359 e. The summed E-state index contributed by atoms with van der Waals surface area (Å²) in [7, 11) is 3.47. The molecule has 0 radical (unpaired) electrons. The zero-order valence-corrected chi connectivity index (χ0v) is 11.5. The summed E-state index contributed by atoms with van der Waals surface area (Å²) in [5.41, 5.74) is 0. The maximum absolute atomic E-state index is 11.1. The van der Waals surface area contributed by atoms with Gasteiger partial charge in [0.1, 0.15) is 5.82 Å². The molecule has 1 aromatic rings. The van der Waals surface area contributed by atoms with Gasteiger partial charge in [0, 0.05) is 37.7 Å². The van der Waals surface area contributed by atoms with Crippen LogP contribution in [0.3, 0.4) is 0 Å². The highest BCUT2D eigenvalue weighted by Crippen LogP contribution is 2.25. The van der Waals surface area contributed by atoms with E-state index < -0.39 is 0 Å². The van der Waals surface area contributed by atoms with Crippen molar-refractivity contribution in [2.75, 3.05) is 25.5 Å². The Morgan fingerprint density at radius 1 is 1.69 bits per heavy atom. The summed E-state index contributed by atoms with van der Waals surface area (Å²) in [5.74, 6) is 0.675. The minimum absolute atomic E-state index is 0.0000779. The normalized spacial score (nSPS) is 10.0. The van der Waals surface area contributed by atoms with E-state index in [1.165, 1.54) is 0 Å². The molecular formula is C10H13BrClN3O. The Bertz CT molecular complexity index is 386. The van der Waals surface area contributed by atoms with E-state index in [2.05, 4.69) is 26.2 Å². The quantitative estimate of drug-likeness (QED) is 0.926. The van der Waals surface area contributed by atoms with E-state index in [0.717, 1.165) is 4.47 Å². The molecule has 0 saturated heterocycles. The molecule has 0 unspecified atom stereocenters. The van der Waals surface area contributed by atoms with Gasteiger partial charge in [-0.15, -0.1) is 0 Å². The highest BCUT2D eigenvalue weighted by molar-refractivity contribution is 9.10. The molecule has 0 fully saturated rings. The molecule has 0 atom stereocenters. The third-order valence-corrected chi connectivity index (χ3v) is 2.81. The van der Waals surface area contributed by atoms with E-state index in [4.69, 9.17) is 11.6 Å². The first-order valence-corrected chi connectivity index (χ1v) is 5.94. The van der Waals surface area contributed by atoms with Crippen molar-refractivity contribution in [1.82, 2.24) is 10.3 Å². The van der Waals surface area contributed by atoms with Gasteiger partial charge in [-0.3, -0.25) is 4.79 Å². The van der Waals surface area contributed by atoms with Crippen LogP contribution in [0.1, 0.15) is 6.42 Å². The summed E-state index contributed by atoms with van der Waals surface area (Å²) >= 11 is 9.33. The maximum atomic E-state index is 11.1. The van der Waals surface area contributed by atoms with Crippen LogP contribution in [0.4, 0.5) is 5.82 Å². The number of hydrogen-bond acceptors (Lipinski definition) is 3. The molecule has 0 bridgehead atoms. The molecule has 16 heavy (non-hydrogen) atoms. The number of anilines is 1. The molecule has 1 heterocycles. The lowest BCUT2D eigenvalue weighted by molar-refractivity contribution is -0.120. The van der Waals surface area contributed by atoms with Crippen LogP contribution in [0.5, 0.6) is 0 Å². The van der Waals surface area contributed by atoms with Crippen LogP contribution in [0, 0.1) is 0 Å². The molecule has 1 amide bonds. The number of rotatable bonds is 4. The standard InChI is InChI=1S/C10H13BrClN3O/c1-13-9(16)3-4-15(2)10-8(12)5-7(11)6-14-10/h5-6H,3-4H2,1-2H3,(H,13,16). The predicted molar refractivity (Wildman–Crippen MR) is 68.9 cm³/mol. The highest BCUT2D eigenvalue weighted by Gasteiger charge is 2.09. The van der Waals surface area contributed by atoms with Crippen LogP contribution >= 0.6 is 27.5 Å². The van der Waals surface area contributed by atoms with Crippen LogP contribution in [0.15, 0.2) is 16.7 Å². The number of amides is 1. The number of aromatic nitrogens is 1. The number of nitrogens with one attached hydrogen (secondary N) is 1. The molecule has 0 aliphatic carbocycles. The zero-order valence-electron chi connectivity index (χ0n) is 9.13. The van der Waals surface area contributed by atoms with E-state index >= 15 is 0 Å². The summed E-state index contributed by atoms with van der Waals surface area (Å²) in [6.07, 6.45) is 2.10. The summed E-state index contributed by atoms with van der Waals surface area (Å²) in [6.45, 7) is 0.577. The zero-order chi connectivity index (χ0) is 12.1. The lowest BCUT2D eigenvalue weighted by Gasteiger charge is -2.18. The minimum atomic E-state index is 0.0000779. The second-order valence-corrected chi connectivity index (χ2v) is 4.63. The molecule has 88 valence electrons. The molecule has 1 rings (SSSR count). The molecule has 0 aliphatic rings. The fourth-order valence-corrected chi connectivity index (χ4v) is 1.96. The first-order valence-electron chi connectivity index (χ1n) is 4.77. The van der Waals surface area contributed by atoms with Crippen molar-refractivity contribution in [2.24, 2.45) is 0 Å². The van der Waals surface area contributed by atoms with Crippen molar-refractivity contribution in [1.29, 1.82) is 0 Å². The fourth-order valence-electron chi connectivity index (χ4n) is 1.19. The van der Waals surface area contributed by atoms with Gasteiger partial charge in [-0.1, -0.05) is 11.6 Å². The smallest absolute Gasteiger partial charge is 0.221 e. The Labute approximate surface area is 108 Å². The molecule has 0 spiro atoms. The first-order chi connectivity index (χ1) is 7.54. The van der Waals surface area contributed by atoms with Gasteiger partial charge in [0.2, 0.25) is 5.91 Å². The van der Waals surface area contributed by atoms with E-state index in [1.54, 1.807) is 19.3 Å². The summed E-state index contributed by atoms with van der Waals surface area (Å²) in [4.78, 5) is 17.1. The van der Waals surface area contributed by atoms with Gasteiger partial charge in [-0.25, -0.2) is 4.98 Å². The third-order valence-electron chi connectivity index (χ3n) is 2.10. The van der Waals surface area contributed by atoms with Gasteiger partial charge in [-0.05, 0) is 22.0 Å². The lowest BCUT2D eigenvalue weighted by Crippen LogP contribution is -2.27. The average Bonchev–Trinajstić information content (AvgIpc) is 2.25. The number of carbonyl (C=O) groups excluding carboxylic acids is 1. The van der Waals surface area contributed by atoms with Crippen LogP contribution in [-0.2, 0) is 4.79 Å². The monoisotopic (exact) mass is 305 g/mol. The number of halogens is 2. The Hall–Kier alpha value is -0.810. The van der Waals surface area contributed by atoms with E-state index in [9.17, 15) is 4.79 Å². The predicted octanol–water partition coefficient (Wildman–Crippen LogP) is 2.07. The van der Waals surface area contributed by atoms with E-state index in [1.807, 2.05) is 11.9 Å². The van der Waals surface area contributed by atoms with Crippen molar-refractivity contribution in [3.63, 3.8) is 0 Å². The van der Waals surface area contributed by atoms with E-state index in [-0.39, 0.29) is 5.91 Å². The molecule has 1 N–H and O–H groups in total. The molecule has 6 heteroatoms. The molecule has 1 aromatic heterocycles. The summed E-state index contributed by atoms with van der Waals surface area (Å²) in [5, 5.41) is 3.13. The first kappa shape index (κ1) is 13.3. The summed E-state index contributed by atoms with van der Waals surface area (Å²) < 4.78 is 0.834. The SMILES string of the molecule is CNC(=O)CCN(C)c1ncc(Br)cc1Cl. The topological polar surface area (TPSA) is 45.2 Å². The van der Waals surface area contributed by atoms with Gasteiger partial charge in [0.05, 0.1) is 5.02 Å². The van der Waals surface area contributed by atoms with Gasteiger partial charge in [0.15, 0.2) is 0 Å². The molecular weight excluding hydrogens is 293 g/mol. The third kappa shape index (κ3) is 3.64. The van der Waals surface area contributed by atoms with Gasteiger partial charge < -0.3 is 10.2 Å². The molecule has 0 aromatic carbocycles. The van der Waals surface area contributed by atoms with Crippen molar-refractivity contribution in [3.8, 4) is 0 Å². The second kappa shape index (κ2) is 6.06. The van der Waals surface area contributed by atoms with Crippen molar-refractivity contribution in [2.45, 2.75) is 6.42 Å². The number of carbonyl (C=O) groups is 1. The molecule has 0 saturated carbocycles. The average molecular weight is 307 g/mol. The van der Waals surface area contributed by atoms with Gasteiger partial charge >= 0.3 is 0 Å². The Morgan fingerprint density at radius 2 is 2.38 bits per heavy atom. The number of pyridine rings is 1. The van der Waals surface area contributed by atoms with Gasteiger partial charge in [-0.2, -0.15) is 0 Å². The molecule has 4 nitrogen and oxygen atoms in total. The van der Waals surface area contributed by atoms with Crippen LogP contribution in [-0.4, -0.2) is 31.5 Å². The lowest BCUT2D eigenvalue weighted by atomic mass is 10.3. The number of nitrogens with zero attached hydrogens (tertiary/aromatic N) is 2. The van der Waals surface area contributed by atoms with E-state index in [0.29, 0.717) is 23.8 Å². The second-order valence-electron chi connectivity index (χ2n) is 3.30. The summed E-state index contributed by atoms with van der Waals surface area (Å²) in [6, 6.07) is 1.78. The number of hydrogen-bond donors (Lipinski definition) is 1. The van der Waals surface area contributed by atoms with Crippen LogP contribution < -0.4 is 10.2 Å². The van der Waals surface area contributed by atoms with Gasteiger partial charge in [0.25, 0.3) is 0 Å². The minimum Gasteiger partial charge on any atom is -0.359 e. The van der Waals surface area contributed by atoms with Crippen LogP contribution in [0.2, 0.25) is 5.02 Å². The Balaban J connectivity index is 2.65. The van der Waals surface area contributed by atoms with Crippen molar-refractivity contribution >= 4 is 39.3 Å². The van der Waals surface area contributed by atoms with Crippen molar-refractivity contribution in [3.05, 3.63) is 21.8 Å². The maximum Gasteiger partial charge on any atom is 0.221 e. The van der Waals surface area contributed by atoms with Crippen LogP contribution in [0.25, 0.3) is 0 Å². The van der Waals surface area contributed by atoms with Crippen molar-refractivity contribution < 1.29 is 4.79 Å². The Kier molecular flexibility index (Phi) is 5.02. The fraction of sp³-hybridized carbons (Fsp3) is 0.400. The molecule has 0 aliphatic heterocycles. The highest BCUT2D eigenvalue weighted by atomic mass is 79.9. The Morgan fingerprint density at radius 3 is 2.94 bits per heavy atom.